The lowest BCUT2D eigenvalue weighted by molar-refractivity contribution is -0.136. The van der Waals surface area contributed by atoms with E-state index in [0.29, 0.717) is 5.92 Å². The molecule has 0 fully saturated rings. The van der Waals surface area contributed by atoms with E-state index < -0.39 is 11.2 Å². The van der Waals surface area contributed by atoms with Crippen LogP contribution in [-0.4, -0.2) is 28.0 Å². The Morgan fingerprint density at radius 1 is 1.42 bits per heavy atom. The van der Waals surface area contributed by atoms with Crippen molar-refractivity contribution in [2.75, 3.05) is 5.75 Å². The van der Waals surface area contributed by atoms with Crippen LogP contribution in [0.3, 0.4) is 0 Å². The van der Waals surface area contributed by atoms with Crippen LogP contribution >= 0.6 is 23.1 Å². The lowest BCUT2D eigenvalue weighted by Gasteiger charge is -2.21. The summed E-state index contributed by atoms with van der Waals surface area (Å²) in [5.74, 6) is -0.548. The van der Waals surface area contributed by atoms with Crippen molar-refractivity contribution >= 4 is 35.0 Å². The van der Waals surface area contributed by atoms with Gasteiger partial charge in [-0.15, -0.1) is 23.1 Å². The monoisotopic (exact) mass is 301 g/mol. The third-order valence-electron chi connectivity index (χ3n) is 2.65. The number of amides is 1. The summed E-state index contributed by atoms with van der Waals surface area (Å²) in [5, 5.41) is 13.2. The second kappa shape index (κ2) is 7.55. The third kappa shape index (κ3) is 5.24. The van der Waals surface area contributed by atoms with Crippen LogP contribution < -0.4 is 5.32 Å². The van der Waals surface area contributed by atoms with E-state index >= 15 is 0 Å². The average Bonchev–Trinajstić information content (AvgIpc) is 2.85. The Kier molecular flexibility index (Phi) is 6.37. The van der Waals surface area contributed by atoms with Crippen LogP contribution in [0.2, 0.25) is 0 Å². The van der Waals surface area contributed by atoms with Crippen LogP contribution in [0.5, 0.6) is 0 Å². The number of rotatable bonds is 7. The van der Waals surface area contributed by atoms with Crippen LogP contribution in [0.25, 0.3) is 0 Å². The van der Waals surface area contributed by atoms with Gasteiger partial charge in [-0.25, -0.2) is 0 Å². The van der Waals surface area contributed by atoms with Gasteiger partial charge in [0, 0.05) is 4.88 Å². The minimum atomic E-state index is -0.892. The zero-order chi connectivity index (χ0) is 14.4. The summed E-state index contributed by atoms with van der Waals surface area (Å²) in [5.41, 5.74) is 0. The molecule has 0 bridgehead atoms. The molecule has 4 nitrogen and oxygen atoms in total. The van der Waals surface area contributed by atoms with Gasteiger partial charge in [0.15, 0.2) is 0 Å². The van der Waals surface area contributed by atoms with Crippen LogP contribution in [0, 0.1) is 5.92 Å². The molecule has 19 heavy (non-hydrogen) atoms. The number of nitrogens with one attached hydrogen (secondary N) is 1. The van der Waals surface area contributed by atoms with Gasteiger partial charge in [0.05, 0.1) is 17.0 Å². The highest BCUT2D eigenvalue weighted by atomic mass is 32.2. The van der Waals surface area contributed by atoms with Crippen LogP contribution in [-0.2, 0) is 9.59 Å². The van der Waals surface area contributed by atoms with Crippen LogP contribution in [0.1, 0.15) is 31.7 Å². The van der Waals surface area contributed by atoms with Gasteiger partial charge in [0.1, 0.15) is 0 Å². The number of carboxylic acid groups (broad SMARTS) is 1. The maximum absolute atomic E-state index is 11.9. The summed E-state index contributed by atoms with van der Waals surface area (Å²) in [6.07, 6.45) is 0. The first-order valence-corrected chi connectivity index (χ1v) is 8.01. The average molecular weight is 301 g/mol. The molecule has 0 aliphatic carbocycles. The fraction of sp³-hybridized carbons (Fsp3) is 0.538. The Morgan fingerprint density at radius 2 is 2.11 bits per heavy atom. The van der Waals surface area contributed by atoms with Gasteiger partial charge in [0.25, 0.3) is 0 Å². The van der Waals surface area contributed by atoms with Gasteiger partial charge >= 0.3 is 5.97 Å². The molecule has 2 atom stereocenters. The van der Waals surface area contributed by atoms with E-state index in [0.717, 1.165) is 16.6 Å². The van der Waals surface area contributed by atoms with Gasteiger partial charge in [0.2, 0.25) is 5.91 Å². The summed E-state index contributed by atoms with van der Waals surface area (Å²) in [6, 6.07) is 3.96. The zero-order valence-corrected chi connectivity index (χ0v) is 12.9. The lowest BCUT2D eigenvalue weighted by Crippen LogP contribution is -2.33. The Labute approximate surface area is 121 Å². The number of carboxylic acids is 1. The molecule has 1 aromatic rings. The molecule has 2 unspecified atom stereocenters. The number of carbonyl (C=O) groups is 2. The molecule has 0 spiro atoms. The largest absolute Gasteiger partial charge is 0.480 e. The lowest BCUT2D eigenvalue weighted by atomic mass is 10.0. The van der Waals surface area contributed by atoms with Gasteiger partial charge in [-0.1, -0.05) is 19.9 Å². The molecule has 0 aliphatic rings. The normalized spacial score (nSPS) is 14.1. The fourth-order valence-corrected chi connectivity index (χ4v) is 3.10. The molecule has 0 radical (unpaired) electrons. The Balaban J connectivity index is 2.51. The number of hydrogen-bond acceptors (Lipinski definition) is 4. The molecule has 0 aliphatic heterocycles. The molecule has 1 heterocycles. The number of carbonyl (C=O) groups excluding carboxylic acids is 1. The second-order valence-electron chi connectivity index (χ2n) is 4.60. The standard InChI is InChI=1S/C13H19NO3S2/c1-8(2)12(10-5-4-6-18-10)14-11(15)7-19-9(3)13(16)17/h4-6,8-9,12H,7H2,1-3H3,(H,14,15)(H,16,17). The quantitative estimate of drug-likeness (QED) is 0.812. The zero-order valence-electron chi connectivity index (χ0n) is 11.3. The first-order valence-electron chi connectivity index (χ1n) is 6.09. The van der Waals surface area contributed by atoms with Crippen LogP contribution in [0.4, 0.5) is 0 Å². The van der Waals surface area contributed by atoms with E-state index in [-0.39, 0.29) is 17.7 Å². The summed E-state index contributed by atoms with van der Waals surface area (Å²) < 4.78 is 0. The van der Waals surface area contributed by atoms with E-state index in [9.17, 15) is 9.59 Å². The molecule has 0 aromatic carbocycles. The highest BCUT2D eigenvalue weighted by Crippen LogP contribution is 2.25. The Hall–Kier alpha value is -1.01. The van der Waals surface area contributed by atoms with E-state index in [1.54, 1.807) is 18.3 Å². The Bertz CT molecular complexity index is 418. The van der Waals surface area contributed by atoms with Crippen molar-refractivity contribution in [3.8, 4) is 0 Å². The van der Waals surface area contributed by atoms with Crippen molar-refractivity contribution in [1.29, 1.82) is 0 Å². The summed E-state index contributed by atoms with van der Waals surface area (Å²) in [4.78, 5) is 23.7. The van der Waals surface area contributed by atoms with Gasteiger partial charge in [-0.3, -0.25) is 9.59 Å². The smallest absolute Gasteiger partial charge is 0.316 e. The molecule has 0 saturated carbocycles. The molecule has 1 aromatic heterocycles. The number of thiophene rings is 1. The fourth-order valence-electron chi connectivity index (χ4n) is 1.52. The van der Waals surface area contributed by atoms with Crippen molar-refractivity contribution in [3.05, 3.63) is 22.4 Å². The van der Waals surface area contributed by atoms with Crippen molar-refractivity contribution in [2.24, 2.45) is 5.92 Å². The van der Waals surface area contributed by atoms with E-state index in [4.69, 9.17) is 5.11 Å². The Morgan fingerprint density at radius 3 is 2.58 bits per heavy atom. The molecular weight excluding hydrogens is 282 g/mol. The molecule has 1 amide bonds. The summed E-state index contributed by atoms with van der Waals surface area (Å²) in [6.45, 7) is 5.69. The molecule has 106 valence electrons. The maximum Gasteiger partial charge on any atom is 0.316 e. The van der Waals surface area contributed by atoms with Gasteiger partial charge in [-0.05, 0) is 24.3 Å². The SMILES string of the molecule is CC(SCC(=O)NC(c1cccs1)C(C)C)C(=O)O. The highest BCUT2D eigenvalue weighted by molar-refractivity contribution is 8.01. The van der Waals surface area contributed by atoms with Gasteiger partial charge < -0.3 is 10.4 Å². The second-order valence-corrected chi connectivity index (χ2v) is 6.90. The minimum absolute atomic E-state index is 0.00626. The number of thioether (sulfide) groups is 1. The van der Waals surface area contributed by atoms with Crippen molar-refractivity contribution in [3.63, 3.8) is 0 Å². The highest BCUT2D eigenvalue weighted by Gasteiger charge is 2.20. The predicted octanol–water partition coefficient (Wildman–Crippen LogP) is 2.77. The topological polar surface area (TPSA) is 66.4 Å². The molecule has 2 N–H and O–H groups in total. The van der Waals surface area contributed by atoms with Crippen molar-refractivity contribution < 1.29 is 14.7 Å². The predicted molar refractivity (Wildman–Crippen MR) is 79.6 cm³/mol. The molecular formula is C13H19NO3S2. The number of aliphatic carboxylic acids is 1. The van der Waals surface area contributed by atoms with Crippen molar-refractivity contribution in [1.82, 2.24) is 5.32 Å². The first-order chi connectivity index (χ1) is 8.91. The summed E-state index contributed by atoms with van der Waals surface area (Å²) in [7, 11) is 0. The van der Waals surface area contributed by atoms with Crippen LogP contribution in [0.15, 0.2) is 17.5 Å². The third-order valence-corrected chi connectivity index (χ3v) is 4.73. The molecule has 0 saturated heterocycles. The first kappa shape index (κ1) is 16.0. The molecule has 1 rings (SSSR count). The van der Waals surface area contributed by atoms with Crippen molar-refractivity contribution in [2.45, 2.75) is 32.1 Å². The summed E-state index contributed by atoms with van der Waals surface area (Å²) >= 11 is 2.75. The maximum atomic E-state index is 11.9. The number of hydrogen-bond donors (Lipinski definition) is 2. The molecule has 6 heteroatoms. The van der Waals surface area contributed by atoms with E-state index in [1.807, 2.05) is 17.5 Å². The van der Waals surface area contributed by atoms with E-state index in [2.05, 4.69) is 19.2 Å². The minimum Gasteiger partial charge on any atom is -0.480 e. The van der Waals surface area contributed by atoms with E-state index in [1.165, 1.54) is 0 Å². The van der Waals surface area contributed by atoms with Gasteiger partial charge in [-0.2, -0.15) is 0 Å².